The molecule has 0 spiro atoms. The number of nitrogens with one attached hydrogen (secondary N) is 1. The lowest BCUT2D eigenvalue weighted by atomic mass is 10.1. The highest BCUT2D eigenvalue weighted by Gasteiger charge is 2.21. The number of hydrogen-bond acceptors (Lipinski definition) is 5. The van der Waals surface area contributed by atoms with Crippen LogP contribution in [-0.2, 0) is 6.54 Å². The van der Waals surface area contributed by atoms with Crippen LogP contribution in [0.3, 0.4) is 0 Å². The van der Waals surface area contributed by atoms with Gasteiger partial charge in [0.25, 0.3) is 5.89 Å². The van der Waals surface area contributed by atoms with E-state index in [1.54, 1.807) is 0 Å². The Hall–Kier alpha value is -2.90. The summed E-state index contributed by atoms with van der Waals surface area (Å²) in [6.07, 6.45) is 4.48. The van der Waals surface area contributed by atoms with Crippen LogP contribution in [0, 0.1) is 0 Å². The van der Waals surface area contributed by atoms with Crippen LogP contribution >= 0.6 is 12.4 Å². The molecule has 1 aliphatic rings. The van der Waals surface area contributed by atoms with Gasteiger partial charge < -0.3 is 15.2 Å². The molecule has 0 radical (unpaired) electrons. The van der Waals surface area contributed by atoms with Crippen molar-refractivity contribution in [3.63, 3.8) is 0 Å². The number of imidazole rings is 1. The van der Waals surface area contributed by atoms with Gasteiger partial charge in [-0.1, -0.05) is 42.3 Å². The quantitative estimate of drug-likeness (QED) is 0.527. The summed E-state index contributed by atoms with van der Waals surface area (Å²) in [5, 5.41) is 4.09. The van der Waals surface area contributed by atoms with Crippen molar-refractivity contribution in [3.8, 4) is 22.8 Å². The predicted molar refractivity (Wildman–Crippen MR) is 114 cm³/mol. The molecule has 29 heavy (non-hydrogen) atoms. The average molecular weight is 412 g/mol. The van der Waals surface area contributed by atoms with E-state index in [0.717, 1.165) is 40.6 Å². The monoisotopic (exact) mass is 411 g/mol. The van der Waals surface area contributed by atoms with Gasteiger partial charge in [0, 0.05) is 23.7 Å². The summed E-state index contributed by atoms with van der Waals surface area (Å²) in [5.74, 6) is 0.949. The third-order valence-corrected chi connectivity index (χ3v) is 5.53. The van der Waals surface area contributed by atoms with Gasteiger partial charge in [-0.25, -0.2) is 4.79 Å². The number of aromatic amines is 1. The highest BCUT2D eigenvalue weighted by Crippen LogP contribution is 2.32. The van der Waals surface area contributed by atoms with Crippen molar-refractivity contribution in [3.05, 3.63) is 58.5 Å². The van der Waals surface area contributed by atoms with E-state index >= 15 is 0 Å². The molecule has 0 atom stereocenters. The Morgan fingerprint density at radius 1 is 1.10 bits per heavy atom. The Morgan fingerprint density at radius 2 is 1.83 bits per heavy atom. The van der Waals surface area contributed by atoms with E-state index in [1.807, 2.05) is 47.0 Å². The number of nitrogens with two attached hydrogens (primary N) is 1. The normalized spacial score (nSPS) is 14.4. The molecule has 8 heteroatoms. The molecule has 0 aliphatic heterocycles. The molecule has 0 bridgehead atoms. The van der Waals surface area contributed by atoms with Gasteiger partial charge >= 0.3 is 5.69 Å². The van der Waals surface area contributed by atoms with Crippen LogP contribution in [-0.4, -0.2) is 19.7 Å². The van der Waals surface area contributed by atoms with Gasteiger partial charge in [-0.3, -0.25) is 4.57 Å². The van der Waals surface area contributed by atoms with Crippen molar-refractivity contribution in [1.29, 1.82) is 0 Å². The zero-order chi connectivity index (χ0) is 19.1. The Bertz CT molecular complexity index is 1190. The predicted octanol–water partition coefficient (Wildman–Crippen LogP) is 4.04. The number of fused-ring (bicyclic) bond motifs is 1. The second-order valence-electron chi connectivity index (χ2n) is 7.29. The van der Waals surface area contributed by atoms with Gasteiger partial charge in [-0.15, -0.1) is 12.4 Å². The first-order valence-corrected chi connectivity index (χ1v) is 9.60. The van der Waals surface area contributed by atoms with Gasteiger partial charge in [-0.05, 0) is 36.6 Å². The molecule has 0 unspecified atom stereocenters. The zero-order valence-corrected chi connectivity index (χ0v) is 16.6. The molecule has 1 saturated carbocycles. The molecular formula is C21H22ClN5O2. The van der Waals surface area contributed by atoms with E-state index in [-0.39, 0.29) is 18.1 Å². The number of nitrogens with zero attached hydrogens (tertiary/aromatic N) is 3. The number of H-pyrrole nitrogens is 1. The number of rotatable bonds is 4. The molecule has 150 valence electrons. The van der Waals surface area contributed by atoms with Crippen LogP contribution in [0.25, 0.3) is 33.9 Å². The summed E-state index contributed by atoms with van der Waals surface area (Å²) in [5.41, 5.74) is 10.0. The summed E-state index contributed by atoms with van der Waals surface area (Å²) < 4.78 is 7.36. The van der Waals surface area contributed by atoms with Crippen LogP contribution in [0.4, 0.5) is 0 Å². The molecule has 2 heterocycles. The Balaban J connectivity index is 0.00000205. The summed E-state index contributed by atoms with van der Waals surface area (Å²) in [7, 11) is 0. The summed E-state index contributed by atoms with van der Waals surface area (Å²) in [6, 6.07) is 13.8. The molecule has 3 N–H and O–H groups in total. The highest BCUT2D eigenvalue weighted by atomic mass is 35.5. The van der Waals surface area contributed by atoms with Gasteiger partial charge in [0.1, 0.15) is 0 Å². The molecular weight excluding hydrogens is 390 g/mol. The van der Waals surface area contributed by atoms with Crippen molar-refractivity contribution >= 4 is 23.4 Å². The summed E-state index contributed by atoms with van der Waals surface area (Å²) >= 11 is 0. The Labute approximate surface area is 173 Å². The molecule has 5 rings (SSSR count). The standard InChI is InChI=1S/C21H21N5O2.ClH/c22-12-13-5-7-14(8-6-13)19-24-20(28-25-19)15-9-10-18-17(11-15)23-21(27)26(18)16-3-1-2-4-16;/h5-11,16H,1-4,12,22H2,(H,23,27);1H. The van der Waals surface area contributed by atoms with Gasteiger partial charge in [-0.2, -0.15) is 4.98 Å². The maximum Gasteiger partial charge on any atom is 0.326 e. The maximum absolute atomic E-state index is 12.5. The second kappa shape index (κ2) is 7.85. The van der Waals surface area contributed by atoms with Crippen molar-refractivity contribution < 1.29 is 4.52 Å². The molecule has 1 aliphatic carbocycles. The minimum absolute atomic E-state index is 0. The maximum atomic E-state index is 12.5. The molecule has 2 aromatic carbocycles. The van der Waals surface area contributed by atoms with Crippen LogP contribution in [0.2, 0.25) is 0 Å². The molecule has 0 saturated heterocycles. The lowest BCUT2D eigenvalue weighted by Crippen LogP contribution is -2.20. The first-order valence-electron chi connectivity index (χ1n) is 9.60. The van der Waals surface area contributed by atoms with Crippen molar-refractivity contribution in [2.24, 2.45) is 5.73 Å². The van der Waals surface area contributed by atoms with Crippen molar-refractivity contribution in [2.75, 3.05) is 0 Å². The van der Waals surface area contributed by atoms with Gasteiger partial charge in [0.15, 0.2) is 0 Å². The van der Waals surface area contributed by atoms with E-state index in [2.05, 4.69) is 15.1 Å². The minimum atomic E-state index is -0.0507. The molecule has 1 fully saturated rings. The van der Waals surface area contributed by atoms with Gasteiger partial charge in [0.05, 0.1) is 11.0 Å². The Morgan fingerprint density at radius 3 is 2.55 bits per heavy atom. The van der Waals surface area contributed by atoms with E-state index in [4.69, 9.17) is 10.3 Å². The first-order chi connectivity index (χ1) is 13.7. The van der Waals surface area contributed by atoms with E-state index in [9.17, 15) is 4.79 Å². The third-order valence-electron chi connectivity index (χ3n) is 5.53. The molecule has 2 aromatic heterocycles. The van der Waals surface area contributed by atoms with E-state index in [0.29, 0.717) is 24.3 Å². The number of hydrogen-bond donors (Lipinski definition) is 2. The fourth-order valence-electron chi connectivity index (χ4n) is 4.04. The van der Waals surface area contributed by atoms with Crippen LogP contribution < -0.4 is 11.4 Å². The number of benzene rings is 2. The fourth-order valence-corrected chi connectivity index (χ4v) is 4.04. The summed E-state index contributed by atoms with van der Waals surface area (Å²) in [4.78, 5) is 19.9. The van der Waals surface area contributed by atoms with Crippen LogP contribution in [0.15, 0.2) is 51.8 Å². The minimum Gasteiger partial charge on any atom is -0.334 e. The number of aromatic nitrogens is 4. The average Bonchev–Trinajstić information content (AvgIpc) is 3.46. The lowest BCUT2D eigenvalue weighted by Gasteiger charge is -2.10. The van der Waals surface area contributed by atoms with E-state index in [1.165, 1.54) is 12.8 Å². The first kappa shape index (κ1) is 19.4. The van der Waals surface area contributed by atoms with E-state index < -0.39 is 0 Å². The van der Waals surface area contributed by atoms with Crippen molar-refractivity contribution in [2.45, 2.75) is 38.3 Å². The molecule has 4 aromatic rings. The highest BCUT2D eigenvalue weighted by molar-refractivity contribution is 5.85. The second-order valence-corrected chi connectivity index (χ2v) is 7.29. The van der Waals surface area contributed by atoms with Crippen molar-refractivity contribution in [1.82, 2.24) is 19.7 Å². The largest absolute Gasteiger partial charge is 0.334 e. The van der Waals surface area contributed by atoms with Crippen LogP contribution in [0.1, 0.15) is 37.3 Å². The lowest BCUT2D eigenvalue weighted by molar-refractivity contribution is 0.432. The third kappa shape index (κ3) is 3.47. The Kier molecular flexibility index (Phi) is 5.25. The zero-order valence-electron chi connectivity index (χ0n) is 15.8. The molecule has 7 nitrogen and oxygen atoms in total. The summed E-state index contributed by atoms with van der Waals surface area (Å²) in [6.45, 7) is 0.497. The fraction of sp³-hybridized carbons (Fsp3) is 0.286. The SMILES string of the molecule is Cl.NCc1ccc(-c2noc(-c3ccc4c(c3)[nH]c(=O)n4C3CCCC3)n2)cc1. The number of halogens is 1. The molecule has 0 amide bonds. The van der Waals surface area contributed by atoms with Crippen LogP contribution in [0.5, 0.6) is 0 Å². The smallest absolute Gasteiger partial charge is 0.326 e. The van der Waals surface area contributed by atoms with Gasteiger partial charge in [0.2, 0.25) is 5.82 Å². The topological polar surface area (TPSA) is 103 Å².